The Balaban J connectivity index is 3.15. The zero-order chi connectivity index (χ0) is 5.91. The second-order valence-electron chi connectivity index (χ2n) is 0.879. The molecule has 44 valence electrons. The largest absolute Gasteiger partial charge is 0.430 e. The molecule has 1 nitrogen and oxygen atoms in total. The molecule has 0 heterocycles. The predicted octanol–water partition coefficient (Wildman–Crippen LogP) is 2.53. The first-order chi connectivity index (χ1) is 3.06. The lowest BCUT2D eigenvalue weighted by Gasteiger charge is -2.05. The molecule has 7 heavy (non-hydrogen) atoms. The average Bonchev–Trinajstić information content (AvgIpc) is 1.30. The molecule has 0 aliphatic heterocycles. The van der Waals surface area contributed by atoms with E-state index in [0.717, 1.165) is 0 Å². The number of hydrogen-bond donors (Lipinski definition) is 0. The molecule has 0 spiro atoms. The second-order valence-corrected chi connectivity index (χ2v) is 19.3. The average molecular weight is 315 g/mol. The molecule has 0 aromatic heterocycles. The third-order valence-corrected chi connectivity index (χ3v) is 2.87. The van der Waals surface area contributed by atoms with Crippen LogP contribution in [-0.4, -0.2) is 10.3 Å². The maximum atomic E-state index is 5.65. The summed E-state index contributed by atoms with van der Waals surface area (Å²) >= 11 is 10.9. The highest BCUT2D eigenvalue weighted by Crippen LogP contribution is 2.26. The SMILES string of the molecule is CCO[Si](Cl)(Br)I. The number of hydrogen-bond acceptors (Lipinski definition) is 1. The van der Waals surface area contributed by atoms with Gasteiger partial charge in [0.05, 0.1) is 0 Å². The molecule has 0 aliphatic rings. The second kappa shape index (κ2) is 3.65. The van der Waals surface area contributed by atoms with Crippen LogP contribution in [-0.2, 0) is 4.43 Å². The van der Waals surface area contributed by atoms with Gasteiger partial charge in [0.1, 0.15) is 0 Å². The van der Waals surface area contributed by atoms with Crippen molar-refractivity contribution >= 4 is 51.9 Å². The Labute approximate surface area is 69.4 Å². The summed E-state index contributed by atoms with van der Waals surface area (Å²) in [6, 6.07) is 0. The van der Waals surface area contributed by atoms with Gasteiger partial charge in [-0.3, -0.25) is 0 Å². The molecule has 0 saturated carbocycles. The summed E-state index contributed by atoms with van der Waals surface area (Å²) in [6.45, 7) is 2.61. The first-order valence-electron chi connectivity index (χ1n) is 1.77. The van der Waals surface area contributed by atoms with Crippen molar-refractivity contribution in [3.05, 3.63) is 0 Å². The fraction of sp³-hybridized carbons (Fsp3) is 1.00. The third kappa shape index (κ3) is 7.68. The molecular formula is C2H5BrClIOSi. The lowest BCUT2D eigenvalue weighted by molar-refractivity contribution is 0.365. The van der Waals surface area contributed by atoms with Gasteiger partial charge in [-0.2, -0.15) is 0 Å². The summed E-state index contributed by atoms with van der Waals surface area (Å²) in [6.07, 6.45) is 0. The maximum Gasteiger partial charge on any atom is 0.430 e. The zero-order valence-electron chi connectivity index (χ0n) is 3.75. The Kier molecular flexibility index (Phi) is 4.53. The van der Waals surface area contributed by atoms with Crippen LogP contribution in [0, 0.1) is 0 Å². The Bertz CT molecular complexity index is 56.1. The highest BCUT2D eigenvalue weighted by Gasteiger charge is 2.23. The monoisotopic (exact) mass is 314 g/mol. The molecule has 0 radical (unpaired) electrons. The van der Waals surface area contributed by atoms with E-state index in [1.165, 1.54) is 0 Å². The van der Waals surface area contributed by atoms with Gasteiger partial charge < -0.3 is 4.43 Å². The lowest BCUT2D eigenvalue weighted by atomic mass is 10.9. The van der Waals surface area contributed by atoms with Crippen molar-refractivity contribution < 1.29 is 4.43 Å². The molecule has 0 saturated heterocycles. The molecule has 1 unspecified atom stereocenters. The highest BCUT2D eigenvalue weighted by atomic mass is 127. The molecule has 0 rings (SSSR count). The minimum Gasteiger partial charge on any atom is -0.389 e. The van der Waals surface area contributed by atoms with Gasteiger partial charge in [0.25, 0.3) is 0 Å². The molecule has 0 bridgehead atoms. The lowest BCUT2D eigenvalue weighted by Crippen LogP contribution is -2.13. The molecule has 1 atom stereocenters. The highest BCUT2D eigenvalue weighted by molar-refractivity contribution is 14.1. The van der Waals surface area contributed by atoms with E-state index >= 15 is 0 Å². The molecule has 5 heteroatoms. The summed E-state index contributed by atoms with van der Waals surface area (Å²) in [5.74, 6) is 0. The van der Waals surface area contributed by atoms with E-state index in [4.69, 9.17) is 15.5 Å². The van der Waals surface area contributed by atoms with Crippen LogP contribution in [0.15, 0.2) is 0 Å². The van der Waals surface area contributed by atoms with Crippen molar-refractivity contribution in [1.29, 1.82) is 0 Å². The quantitative estimate of drug-likeness (QED) is 0.432. The minimum atomic E-state index is -1.90. The van der Waals surface area contributed by atoms with Crippen LogP contribution in [0.25, 0.3) is 0 Å². The van der Waals surface area contributed by atoms with E-state index < -0.39 is 3.74 Å². The van der Waals surface area contributed by atoms with Crippen LogP contribution < -0.4 is 0 Å². The Morgan fingerprint density at radius 1 is 2.00 bits per heavy atom. The third-order valence-electron chi connectivity index (χ3n) is 0.308. The van der Waals surface area contributed by atoms with Crippen molar-refractivity contribution in [2.24, 2.45) is 0 Å². The number of rotatable bonds is 2. The van der Waals surface area contributed by atoms with Crippen LogP contribution >= 0.6 is 48.2 Å². The van der Waals surface area contributed by atoms with Crippen molar-refractivity contribution in [2.45, 2.75) is 6.92 Å². The standard InChI is InChI=1S/C2H5BrClIOSi/c1-2-6-7(3,4)5/h2H2,1H3. The van der Waals surface area contributed by atoms with Gasteiger partial charge in [0.15, 0.2) is 0 Å². The van der Waals surface area contributed by atoms with E-state index in [-0.39, 0.29) is 0 Å². The topological polar surface area (TPSA) is 9.23 Å². The van der Waals surface area contributed by atoms with Gasteiger partial charge in [0, 0.05) is 6.61 Å². The van der Waals surface area contributed by atoms with Gasteiger partial charge in [-0.1, -0.05) is 37.1 Å². The summed E-state index contributed by atoms with van der Waals surface area (Å²) in [5.41, 5.74) is 0. The molecule has 0 fully saturated rings. The van der Waals surface area contributed by atoms with Crippen molar-refractivity contribution in [3.8, 4) is 0 Å². The van der Waals surface area contributed by atoms with Crippen molar-refractivity contribution in [2.75, 3.05) is 6.61 Å². The molecule has 0 amide bonds. The zero-order valence-corrected chi connectivity index (χ0v) is 9.25. The maximum absolute atomic E-state index is 5.65. The summed E-state index contributed by atoms with van der Waals surface area (Å²) in [7, 11) is 0. The van der Waals surface area contributed by atoms with Gasteiger partial charge in [0.2, 0.25) is 0 Å². The van der Waals surface area contributed by atoms with Gasteiger partial charge in [-0.25, -0.2) is 0 Å². The molecule has 0 N–H and O–H groups in total. The van der Waals surface area contributed by atoms with Crippen LogP contribution in [0.3, 0.4) is 0 Å². The summed E-state index contributed by atoms with van der Waals surface area (Å²) in [4.78, 5) is 0. The van der Waals surface area contributed by atoms with Crippen molar-refractivity contribution in [1.82, 2.24) is 0 Å². The van der Waals surface area contributed by atoms with Crippen LogP contribution in [0.1, 0.15) is 6.92 Å². The van der Waals surface area contributed by atoms with Crippen LogP contribution in [0.2, 0.25) is 0 Å². The van der Waals surface area contributed by atoms with E-state index in [9.17, 15) is 0 Å². The summed E-state index contributed by atoms with van der Waals surface area (Å²) < 4.78 is 3.13. The fourth-order valence-corrected chi connectivity index (χ4v) is 2.44. The minimum absolute atomic E-state index is 0.684. The Hall–Kier alpha value is 1.68. The summed E-state index contributed by atoms with van der Waals surface area (Å²) in [5, 5.41) is 0. The van der Waals surface area contributed by atoms with Crippen molar-refractivity contribution in [3.63, 3.8) is 0 Å². The smallest absolute Gasteiger partial charge is 0.389 e. The molecule has 0 aliphatic carbocycles. The number of halogens is 3. The van der Waals surface area contributed by atoms with Gasteiger partial charge in [-0.15, -0.1) is 11.1 Å². The Morgan fingerprint density at radius 3 is 2.43 bits per heavy atom. The predicted molar refractivity (Wildman–Crippen MR) is 46.2 cm³/mol. The molecule has 0 aromatic carbocycles. The van der Waals surface area contributed by atoms with E-state index in [1.54, 1.807) is 0 Å². The van der Waals surface area contributed by atoms with E-state index in [0.29, 0.717) is 6.61 Å². The van der Waals surface area contributed by atoms with E-state index in [2.05, 4.69) is 37.1 Å². The van der Waals surface area contributed by atoms with Crippen LogP contribution in [0.5, 0.6) is 0 Å². The first kappa shape index (κ1) is 8.68. The normalized spacial score (nSPS) is 18.9. The molecular weight excluding hydrogens is 310 g/mol. The van der Waals surface area contributed by atoms with Gasteiger partial charge in [-0.05, 0) is 6.92 Å². The van der Waals surface area contributed by atoms with Crippen LogP contribution in [0.4, 0.5) is 0 Å². The molecule has 0 aromatic rings. The Morgan fingerprint density at radius 2 is 2.43 bits per heavy atom. The first-order valence-corrected chi connectivity index (χ1v) is 10.1. The fourth-order valence-electron chi connectivity index (χ4n) is 0.164. The van der Waals surface area contributed by atoms with E-state index in [1.807, 2.05) is 6.92 Å². The van der Waals surface area contributed by atoms with Gasteiger partial charge >= 0.3 is 3.74 Å².